The predicted octanol–water partition coefficient (Wildman–Crippen LogP) is 5.63. The molecule has 134 valence electrons. The lowest BCUT2D eigenvalue weighted by Gasteiger charge is -2.15. The van der Waals surface area contributed by atoms with Crippen molar-refractivity contribution in [3.8, 4) is 11.5 Å². The molecule has 3 aromatic carbocycles. The third-order valence-electron chi connectivity index (χ3n) is 4.62. The number of oxazole rings is 1. The Morgan fingerprint density at radius 2 is 1.67 bits per heavy atom. The third kappa shape index (κ3) is 3.60. The standard InChI is InChI=1S/C23H20N2O2/c1-2-19(16-8-4-3-5-9-16)22(26)24-18-14-12-17(13-15-18)23-25-20-10-6-7-11-21(20)27-23/h3-15,19H,2H2,1H3,(H,24,26). The number of fused-ring (bicyclic) bond motifs is 1. The maximum absolute atomic E-state index is 12.7. The van der Waals surface area contributed by atoms with Crippen LogP contribution >= 0.6 is 0 Å². The lowest BCUT2D eigenvalue weighted by Crippen LogP contribution is -2.20. The molecule has 0 bridgehead atoms. The van der Waals surface area contributed by atoms with E-state index in [-0.39, 0.29) is 11.8 Å². The summed E-state index contributed by atoms with van der Waals surface area (Å²) in [7, 11) is 0. The third-order valence-corrected chi connectivity index (χ3v) is 4.62. The number of carbonyl (C=O) groups is 1. The highest BCUT2D eigenvalue weighted by Crippen LogP contribution is 2.26. The van der Waals surface area contributed by atoms with Gasteiger partial charge in [0.1, 0.15) is 5.52 Å². The number of rotatable bonds is 5. The maximum atomic E-state index is 12.7. The molecule has 27 heavy (non-hydrogen) atoms. The molecular weight excluding hydrogens is 336 g/mol. The normalized spacial score (nSPS) is 12.0. The molecule has 1 N–H and O–H groups in total. The first-order valence-electron chi connectivity index (χ1n) is 9.06. The van der Waals surface area contributed by atoms with Crippen molar-refractivity contribution in [2.24, 2.45) is 0 Å². The van der Waals surface area contributed by atoms with Crippen molar-refractivity contribution in [1.29, 1.82) is 0 Å². The van der Waals surface area contributed by atoms with Crippen LogP contribution in [0, 0.1) is 0 Å². The number of hydrogen-bond acceptors (Lipinski definition) is 3. The summed E-state index contributed by atoms with van der Waals surface area (Å²) in [6, 6.07) is 25.1. The van der Waals surface area contributed by atoms with Crippen LogP contribution in [0.25, 0.3) is 22.6 Å². The fourth-order valence-electron chi connectivity index (χ4n) is 3.18. The lowest BCUT2D eigenvalue weighted by atomic mass is 9.95. The molecule has 1 amide bonds. The van der Waals surface area contributed by atoms with E-state index >= 15 is 0 Å². The van der Waals surface area contributed by atoms with Crippen LogP contribution in [0.1, 0.15) is 24.8 Å². The Morgan fingerprint density at radius 3 is 2.37 bits per heavy atom. The summed E-state index contributed by atoms with van der Waals surface area (Å²) in [6.45, 7) is 2.02. The van der Waals surface area contributed by atoms with Gasteiger partial charge < -0.3 is 9.73 Å². The number of nitrogens with zero attached hydrogens (tertiary/aromatic N) is 1. The van der Waals surface area contributed by atoms with Crippen LogP contribution in [-0.4, -0.2) is 10.9 Å². The van der Waals surface area contributed by atoms with E-state index < -0.39 is 0 Å². The van der Waals surface area contributed by atoms with Crippen molar-refractivity contribution in [1.82, 2.24) is 4.98 Å². The molecule has 4 heteroatoms. The SMILES string of the molecule is CCC(C(=O)Nc1ccc(-c2nc3ccccc3o2)cc1)c1ccccc1. The summed E-state index contributed by atoms with van der Waals surface area (Å²) in [5.74, 6) is 0.408. The first-order valence-corrected chi connectivity index (χ1v) is 9.06. The number of aromatic nitrogens is 1. The predicted molar refractivity (Wildman–Crippen MR) is 108 cm³/mol. The molecule has 0 aliphatic rings. The molecule has 4 nitrogen and oxygen atoms in total. The molecule has 0 aliphatic heterocycles. The van der Waals surface area contributed by atoms with Gasteiger partial charge in [0.25, 0.3) is 0 Å². The monoisotopic (exact) mass is 356 g/mol. The minimum absolute atomic E-state index is 0.00156. The molecule has 1 aromatic heterocycles. The lowest BCUT2D eigenvalue weighted by molar-refractivity contribution is -0.117. The molecule has 4 aromatic rings. The number of para-hydroxylation sites is 2. The van der Waals surface area contributed by atoms with E-state index in [1.54, 1.807) is 0 Å². The first kappa shape index (κ1) is 17.0. The number of nitrogens with one attached hydrogen (secondary N) is 1. The molecule has 0 saturated carbocycles. The quantitative estimate of drug-likeness (QED) is 0.504. The molecule has 1 heterocycles. The number of anilines is 1. The van der Waals surface area contributed by atoms with Gasteiger partial charge in [-0.05, 0) is 48.4 Å². The van der Waals surface area contributed by atoms with Gasteiger partial charge in [-0.3, -0.25) is 4.79 Å². The Hall–Kier alpha value is -3.40. The minimum atomic E-state index is -0.164. The van der Waals surface area contributed by atoms with Gasteiger partial charge in [0.2, 0.25) is 11.8 Å². The van der Waals surface area contributed by atoms with Gasteiger partial charge in [0.15, 0.2) is 5.58 Å². The van der Waals surface area contributed by atoms with Gasteiger partial charge in [0, 0.05) is 11.3 Å². The fourth-order valence-corrected chi connectivity index (χ4v) is 3.18. The zero-order valence-corrected chi connectivity index (χ0v) is 15.1. The molecule has 0 fully saturated rings. The van der Waals surface area contributed by atoms with E-state index in [0.717, 1.165) is 34.3 Å². The van der Waals surface area contributed by atoms with E-state index in [9.17, 15) is 4.79 Å². The Labute approximate surface area is 157 Å². The molecule has 0 aliphatic carbocycles. The van der Waals surface area contributed by atoms with Crippen LogP contribution in [0.4, 0.5) is 5.69 Å². The van der Waals surface area contributed by atoms with Gasteiger partial charge in [0.05, 0.1) is 5.92 Å². The van der Waals surface area contributed by atoms with Crippen LogP contribution in [-0.2, 0) is 4.79 Å². The molecule has 1 unspecified atom stereocenters. The highest BCUT2D eigenvalue weighted by molar-refractivity contribution is 5.96. The largest absolute Gasteiger partial charge is 0.436 e. The summed E-state index contributed by atoms with van der Waals surface area (Å²) >= 11 is 0. The zero-order chi connectivity index (χ0) is 18.6. The Bertz CT molecular complexity index is 1020. The van der Waals surface area contributed by atoms with Crippen LogP contribution in [0.3, 0.4) is 0 Å². The van der Waals surface area contributed by atoms with Crippen LogP contribution < -0.4 is 5.32 Å². The zero-order valence-electron chi connectivity index (χ0n) is 15.1. The smallest absolute Gasteiger partial charge is 0.231 e. The van der Waals surface area contributed by atoms with E-state index in [1.807, 2.05) is 85.8 Å². The Balaban J connectivity index is 1.51. The summed E-state index contributed by atoms with van der Waals surface area (Å²) < 4.78 is 5.79. The van der Waals surface area contributed by atoms with E-state index in [4.69, 9.17) is 4.42 Å². The van der Waals surface area contributed by atoms with Crippen LogP contribution in [0.15, 0.2) is 83.3 Å². The second-order valence-corrected chi connectivity index (χ2v) is 6.42. The van der Waals surface area contributed by atoms with Crippen molar-refractivity contribution >= 4 is 22.7 Å². The maximum Gasteiger partial charge on any atom is 0.231 e. The molecule has 4 rings (SSSR count). The second kappa shape index (κ2) is 7.46. The van der Waals surface area contributed by atoms with E-state index in [1.165, 1.54) is 0 Å². The van der Waals surface area contributed by atoms with Crippen molar-refractivity contribution in [3.63, 3.8) is 0 Å². The molecule has 1 atom stereocenters. The van der Waals surface area contributed by atoms with Crippen molar-refractivity contribution in [2.75, 3.05) is 5.32 Å². The number of carbonyl (C=O) groups excluding carboxylic acids is 1. The Morgan fingerprint density at radius 1 is 0.963 bits per heavy atom. The van der Waals surface area contributed by atoms with E-state index in [2.05, 4.69) is 10.3 Å². The molecule has 0 spiro atoms. The molecule has 0 saturated heterocycles. The van der Waals surface area contributed by atoms with Crippen LogP contribution in [0.2, 0.25) is 0 Å². The fraction of sp³-hybridized carbons (Fsp3) is 0.130. The first-order chi connectivity index (χ1) is 13.2. The van der Waals surface area contributed by atoms with Crippen molar-refractivity contribution in [3.05, 3.63) is 84.4 Å². The van der Waals surface area contributed by atoms with Gasteiger partial charge >= 0.3 is 0 Å². The highest BCUT2D eigenvalue weighted by atomic mass is 16.3. The number of benzene rings is 3. The summed E-state index contributed by atoms with van der Waals surface area (Å²) in [5.41, 5.74) is 4.26. The summed E-state index contributed by atoms with van der Waals surface area (Å²) in [4.78, 5) is 17.2. The summed E-state index contributed by atoms with van der Waals surface area (Å²) in [5, 5.41) is 3.01. The average Bonchev–Trinajstić information content (AvgIpc) is 3.14. The molecular formula is C23H20N2O2. The second-order valence-electron chi connectivity index (χ2n) is 6.42. The van der Waals surface area contributed by atoms with Gasteiger partial charge in [-0.15, -0.1) is 0 Å². The summed E-state index contributed by atoms with van der Waals surface area (Å²) in [6.07, 6.45) is 0.747. The highest BCUT2D eigenvalue weighted by Gasteiger charge is 2.18. The topological polar surface area (TPSA) is 55.1 Å². The average molecular weight is 356 g/mol. The number of hydrogen-bond donors (Lipinski definition) is 1. The minimum Gasteiger partial charge on any atom is -0.436 e. The van der Waals surface area contributed by atoms with Crippen LogP contribution in [0.5, 0.6) is 0 Å². The van der Waals surface area contributed by atoms with Crippen molar-refractivity contribution in [2.45, 2.75) is 19.3 Å². The van der Waals surface area contributed by atoms with Gasteiger partial charge in [-0.1, -0.05) is 49.4 Å². The van der Waals surface area contributed by atoms with Gasteiger partial charge in [-0.2, -0.15) is 0 Å². The van der Waals surface area contributed by atoms with Crippen molar-refractivity contribution < 1.29 is 9.21 Å². The Kier molecular flexibility index (Phi) is 4.71. The molecule has 0 radical (unpaired) electrons. The van der Waals surface area contributed by atoms with E-state index in [0.29, 0.717) is 5.89 Å². The number of amides is 1. The van der Waals surface area contributed by atoms with Gasteiger partial charge in [-0.25, -0.2) is 4.98 Å².